The third-order valence-corrected chi connectivity index (χ3v) is 10.1. The fraction of sp³-hybridized carbons (Fsp3) is 0. The van der Waals surface area contributed by atoms with Crippen LogP contribution in [0, 0.1) is 0 Å². The van der Waals surface area contributed by atoms with Crippen LogP contribution < -0.4 is 0 Å². The van der Waals surface area contributed by atoms with Crippen molar-refractivity contribution in [2.24, 2.45) is 0 Å². The van der Waals surface area contributed by atoms with Gasteiger partial charge in [-0.2, -0.15) is 0 Å². The molecule has 0 aliphatic rings. The number of nitrogens with zero attached hydrogens (tertiary/aromatic N) is 3. The van der Waals surface area contributed by atoms with Gasteiger partial charge >= 0.3 is 0 Å². The highest BCUT2D eigenvalue weighted by atomic mass is 16.3. The van der Waals surface area contributed by atoms with Crippen LogP contribution in [0.2, 0.25) is 0 Å². The summed E-state index contributed by atoms with van der Waals surface area (Å²) in [5.41, 5.74) is 8.34. The van der Waals surface area contributed by atoms with Gasteiger partial charge in [-0.3, -0.25) is 0 Å². The minimum absolute atomic E-state index is 0.585. The van der Waals surface area contributed by atoms with E-state index in [1.807, 2.05) is 72.8 Å². The summed E-state index contributed by atoms with van der Waals surface area (Å²) in [5.74, 6) is 1.78. The summed E-state index contributed by atoms with van der Waals surface area (Å²) < 4.78 is 12.7. The minimum Gasteiger partial charge on any atom is -0.456 e. The quantitative estimate of drug-likeness (QED) is 0.187. The van der Waals surface area contributed by atoms with Crippen molar-refractivity contribution >= 4 is 65.4 Å². The number of fused-ring (bicyclic) bond motifs is 9. The van der Waals surface area contributed by atoms with Crippen molar-refractivity contribution in [2.75, 3.05) is 0 Å². The van der Waals surface area contributed by atoms with E-state index < -0.39 is 0 Å². The van der Waals surface area contributed by atoms with E-state index >= 15 is 0 Å². The standard InChI is InChI=1S/C47H27N3O2/c1-2-11-30(12-3-1)45-48-46(50-47(49-45)36-17-9-19-41-43(36)35-15-6-7-18-39(35)51-41)32-23-24-40-38(27-32)44-37-26-31(21-20-29(37)22-25-42(44)52-40)34-16-8-13-28-10-4-5-14-33(28)34/h1-27H. The molecule has 0 aliphatic heterocycles. The van der Waals surface area contributed by atoms with E-state index in [0.717, 1.165) is 76.9 Å². The maximum absolute atomic E-state index is 6.47. The normalized spacial score (nSPS) is 11.8. The lowest BCUT2D eigenvalue weighted by atomic mass is 9.94. The molecule has 0 unspecified atom stereocenters. The second-order valence-electron chi connectivity index (χ2n) is 13.2. The molecule has 0 atom stereocenters. The van der Waals surface area contributed by atoms with Crippen LogP contribution in [0.25, 0.3) is 111 Å². The Bertz CT molecular complexity index is 3190. The Kier molecular flexibility index (Phi) is 6.18. The number of benzene rings is 8. The van der Waals surface area contributed by atoms with E-state index in [1.54, 1.807) is 0 Å². The van der Waals surface area contributed by atoms with Gasteiger partial charge < -0.3 is 8.83 Å². The average molecular weight is 666 g/mol. The third-order valence-electron chi connectivity index (χ3n) is 10.1. The Balaban J connectivity index is 1.14. The van der Waals surface area contributed by atoms with E-state index in [1.165, 1.54) is 16.3 Å². The van der Waals surface area contributed by atoms with Gasteiger partial charge in [-0.05, 0) is 75.1 Å². The van der Waals surface area contributed by atoms with Gasteiger partial charge in [0, 0.05) is 38.2 Å². The van der Waals surface area contributed by atoms with Crippen LogP contribution in [-0.2, 0) is 0 Å². The molecule has 0 fully saturated rings. The number of hydrogen-bond donors (Lipinski definition) is 0. The molecule has 52 heavy (non-hydrogen) atoms. The van der Waals surface area contributed by atoms with Crippen molar-refractivity contribution in [1.82, 2.24) is 15.0 Å². The lowest BCUT2D eigenvalue weighted by Gasteiger charge is -2.10. The molecular formula is C47H27N3O2. The van der Waals surface area contributed by atoms with Crippen molar-refractivity contribution in [3.63, 3.8) is 0 Å². The molecular weight excluding hydrogens is 639 g/mol. The summed E-state index contributed by atoms with van der Waals surface area (Å²) in [7, 11) is 0. The molecule has 0 amide bonds. The van der Waals surface area contributed by atoms with Gasteiger partial charge in [-0.1, -0.05) is 121 Å². The first-order valence-electron chi connectivity index (χ1n) is 17.3. The van der Waals surface area contributed by atoms with Crippen LogP contribution >= 0.6 is 0 Å². The van der Waals surface area contributed by atoms with Gasteiger partial charge in [0.2, 0.25) is 0 Å². The minimum atomic E-state index is 0.585. The number of furan rings is 2. The van der Waals surface area contributed by atoms with Crippen LogP contribution in [-0.4, -0.2) is 15.0 Å². The fourth-order valence-corrected chi connectivity index (χ4v) is 7.68. The Morgan fingerprint density at radius 2 is 0.885 bits per heavy atom. The number of para-hydroxylation sites is 1. The molecule has 3 heterocycles. The molecule has 11 aromatic rings. The zero-order chi connectivity index (χ0) is 34.2. The van der Waals surface area contributed by atoms with E-state index in [0.29, 0.717) is 17.5 Å². The van der Waals surface area contributed by atoms with Crippen molar-refractivity contribution in [3.05, 3.63) is 164 Å². The highest BCUT2D eigenvalue weighted by Crippen LogP contribution is 2.40. The lowest BCUT2D eigenvalue weighted by molar-refractivity contribution is 0.668. The van der Waals surface area contributed by atoms with Gasteiger partial charge in [0.05, 0.1) is 0 Å². The zero-order valence-electron chi connectivity index (χ0n) is 27.7. The van der Waals surface area contributed by atoms with Crippen molar-refractivity contribution < 1.29 is 8.83 Å². The van der Waals surface area contributed by atoms with Crippen LogP contribution in [0.1, 0.15) is 0 Å². The van der Waals surface area contributed by atoms with Crippen LogP contribution in [0.3, 0.4) is 0 Å². The van der Waals surface area contributed by atoms with E-state index in [2.05, 4.69) is 91.0 Å². The Hall–Kier alpha value is -7.11. The first-order chi connectivity index (χ1) is 25.7. The first kappa shape index (κ1) is 28.7. The summed E-state index contributed by atoms with van der Waals surface area (Å²) in [5, 5.41) is 8.84. The van der Waals surface area contributed by atoms with Gasteiger partial charge in [-0.15, -0.1) is 0 Å². The summed E-state index contributed by atoms with van der Waals surface area (Å²) in [4.78, 5) is 15.3. The summed E-state index contributed by atoms with van der Waals surface area (Å²) in [6.07, 6.45) is 0. The molecule has 0 bridgehead atoms. The van der Waals surface area contributed by atoms with Gasteiger partial charge in [0.25, 0.3) is 0 Å². The van der Waals surface area contributed by atoms with Crippen molar-refractivity contribution in [3.8, 4) is 45.3 Å². The second kappa shape index (κ2) is 11.2. The predicted molar refractivity (Wildman–Crippen MR) is 211 cm³/mol. The molecule has 5 heteroatoms. The average Bonchev–Trinajstić information content (AvgIpc) is 3.79. The number of aromatic nitrogens is 3. The molecule has 0 radical (unpaired) electrons. The van der Waals surface area contributed by atoms with Gasteiger partial charge in [-0.25, -0.2) is 15.0 Å². The summed E-state index contributed by atoms with van der Waals surface area (Å²) in [6, 6.07) is 56.4. The predicted octanol–water partition coefficient (Wildman–Crippen LogP) is 12.6. The maximum atomic E-state index is 6.47. The van der Waals surface area contributed by atoms with Crippen molar-refractivity contribution in [2.45, 2.75) is 0 Å². The lowest BCUT2D eigenvalue weighted by Crippen LogP contribution is -2.00. The van der Waals surface area contributed by atoms with Gasteiger partial charge in [0.1, 0.15) is 22.3 Å². The molecule has 0 saturated heterocycles. The Morgan fingerprint density at radius 1 is 0.308 bits per heavy atom. The van der Waals surface area contributed by atoms with E-state index in [4.69, 9.17) is 23.8 Å². The molecule has 242 valence electrons. The molecule has 0 spiro atoms. The largest absolute Gasteiger partial charge is 0.456 e. The number of rotatable bonds is 4. The summed E-state index contributed by atoms with van der Waals surface area (Å²) >= 11 is 0. The molecule has 8 aromatic carbocycles. The number of hydrogen-bond acceptors (Lipinski definition) is 5. The SMILES string of the molecule is c1ccc(-c2nc(-c3ccc4oc5ccc6ccc(-c7cccc8ccccc78)cc6c5c4c3)nc(-c3cccc4oc5ccccc5c34)n2)cc1. The summed E-state index contributed by atoms with van der Waals surface area (Å²) in [6.45, 7) is 0. The highest BCUT2D eigenvalue weighted by Gasteiger charge is 2.19. The van der Waals surface area contributed by atoms with E-state index in [9.17, 15) is 0 Å². The maximum Gasteiger partial charge on any atom is 0.164 e. The van der Waals surface area contributed by atoms with Crippen LogP contribution in [0.5, 0.6) is 0 Å². The molecule has 11 rings (SSSR count). The highest BCUT2D eigenvalue weighted by molar-refractivity contribution is 6.20. The molecule has 0 aliphatic carbocycles. The van der Waals surface area contributed by atoms with Crippen LogP contribution in [0.15, 0.2) is 173 Å². The monoisotopic (exact) mass is 665 g/mol. The first-order valence-corrected chi connectivity index (χ1v) is 17.3. The molecule has 0 N–H and O–H groups in total. The molecule has 3 aromatic heterocycles. The van der Waals surface area contributed by atoms with Gasteiger partial charge in [0.15, 0.2) is 17.5 Å². The molecule has 0 saturated carbocycles. The van der Waals surface area contributed by atoms with Crippen LogP contribution in [0.4, 0.5) is 0 Å². The smallest absolute Gasteiger partial charge is 0.164 e. The second-order valence-corrected chi connectivity index (χ2v) is 13.2. The third kappa shape index (κ3) is 4.46. The zero-order valence-corrected chi connectivity index (χ0v) is 27.7. The van der Waals surface area contributed by atoms with E-state index in [-0.39, 0.29) is 0 Å². The Morgan fingerprint density at radius 3 is 1.79 bits per heavy atom. The molecule has 5 nitrogen and oxygen atoms in total. The van der Waals surface area contributed by atoms with Crippen molar-refractivity contribution in [1.29, 1.82) is 0 Å². The topological polar surface area (TPSA) is 65.0 Å². The Labute approximate surface area is 297 Å². The fourth-order valence-electron chi connectivity index (χ4n) is 7.68.